The molecule has 3 aromatic rings. The van der Waals surface area contributed by atoms with Crippen LogP contribution in [0.2, 0.25) is 0 Å². The molecule has 0 aliphatic heterocycles. The zero-order valence-corrected chi connectivity index (χ0v) is 19.0. The number of rotatable bonds is 7. The van der Waals surface area contributed by atoms with Gasteiger partial charge in [-0.1, -0.05) is 79.4 Å². The first kappa shape index (κ1) is 24.0. The summed E-state index contributed by atoms with van der Waals surface area (Å²) in [6, 6.07) is 17.7. The predicted octanol–water partition coefficient (Wildman–Crippen LogP) is 6.41. The molecule has 31 heavy (non-hydrogen) atoms. The molecule has 0 saturated heterocycles. The summed E-state index contributed by atoms with van der Waals surface area (Å²) in [6.07, 6.45) is 9.33. The topological polar surface area (TPSA) is 55.0 Å². The van der Waals surface area contributed by atoms with Crippen molar-refractivity contribution in [3.63, 3.8) is 0 Å². The average Bonchev–Trinajstić information content (AvgIpc) is 2.80. The van der Waals surface area contributed by atoms with E-state index >= 15 is 0 Å². The van der Waals surface area contributed by atoms with Crippen molar-refractivity contribution in [3.05, 3.63) is 112 Å². The van der Waals surface area contributed by atoms with Crippen molar-refractivity contribution in [1.82, 2.24) is 10.2 Å². The quantitative estimate of drug-likeness (QED) is 0.439. The van der Waals surface area contributed by atoms with Crippen LogP contribution in [-0.2, 0) is 6.61 Å². The van der Waals surface area contributed by atoms with Gasteiger partial charge in [0.15, 0.2) is 0 Å². The highest BCUT2D eigenvalue weighted by Crippen LogP contribution is 2.33. The molecule has 3 rings (SSSR count). The van der Waals surface area contributed by atoms with E-state index in [-0.39, 0.29) is 5.56 Å². The number of nitrogens with zero attached hydrogens (tertiary/aromatic N) is 1. The highest BCUT2D eigenvalue weighted by atomic mass is 32.2. The smallest absolute Gasteiger partial charge is 0.272 e. The second-order valence-corrected chi connectivity index (χ2v) is 7.24. The normalized spacial score (nSPS) is 10.7. The second kappa shape index (κ2) is 13.1. The van der Waals surface area contributed by atoms with Crippen molar-refractivity contribution in [2.45, 2.75) is 20.5 Å². The van der Waals surface area contributed by atoms with Crippen LogP contribution in [0.15, 0.2) is 89.6 Å². The molecule has 5 heteroatoms. The van der Waals surface area contributed by atoms with E-state index in [1.807, 2.05) is 92.3 Å². The lowest BCUT2D eigenvalue weighted by Gasteiger charge is -2.14. The largest absolute Gasteiger partial charge is 0.488 e. The minimum Gasteiger partial charge on any atom is -0.488 e. The number of aryl methyl sites for hydroxylation is 1. The van der Waals surface area contributed by atoms with Crippen molar-refractivity contribution in [3.8, 4) is 16.9 Å². The molecule has 1 heterocycles. The number of allylic oxidation sites excluding steroid dienone is 3. The first-order chi connectivity index (χ1) is 15.1. The molecular formula is C26H28N2O2S. The Morgan fingerprint density at radius 1 is 1.13 bits per heavy atom. The van der Waals surface area contributed by atoms with Gasteiger partial charge in [0, 0.05) is 11.1 Å². The number of benzene rings is 2. The predicted molar refractivity (Wildman–Crippen MR) is 133 cm³/mol. The summed E-state index contributed by atoms with van der Waals surface area (Å²) in [5, 5.41) is 8.65. The number of ether oxygens (including phenoxy) is 1. The van der Waals surface area contributed by atoms with Crippen molar-refractivity contribution in [1.29, 1.82) is 0 Å². The number of hydrogen-bond acceptors (Lipinski definition) is 4. The van der Waals surface area contributed by atoms with Crippen LogP contribution in [0.5, 0.6) is 5.75 Å². The molecule has 0 atom stereocenters. The Morgan fingerprint density at radius 3 is 2.48 bits per heavy atom. The zero-order valence-electron chi connectivity index (χ0n) is 18.2. The Bertz CT molecular complexity index is 1090. The summed E-state index contributed by atoms with van der Waals surface area (Å²) >= 11 is 1.67. The summed E-state index contributed by atoms with van der Waals surface area (Å²) < 4.78 is 6.04. The van der Waals surface area contributed by atoms with E-state index in [0.717, 1.165) is 28.1 Å². The van der Waals surface area contributed by atoms with Crippen LogP contribution in [0.3, 0.4) is 0 Å². The van der Waals surface area contributed by atoms with E-state index in [0.29, 0.717) is 12.2 Å². The zero-order chi connectivity index (χ0) is 22.5. The third-order valence-corrected chi connectivity index (χ3v) is 4.71. The third-order valence-electron chi connectivity index (χ3n) is 4.28. The van der Waals surface area contributed by atoms with E-state index in [2.05, 4.69) is 16.8 Å². The Hall–Kier alpha value is -3.31. The maximum atomic E-state index is 12.2. The lowest BCUT2D eigenvalue weighted by Crippen LogP contribution is -2.14. The first-order valence-electron chi connectivity index (χ1n) is 9.90. The summed E-state index contributed by atoms with van der Waals surface area (Å²) in [4.78, 5) is 12.2. The van der Waals surface area contributed by atoms with Crippen LogP contribution in [-0.4, -0.2) is 16.5 Å². The van der Waals surface area contributed by atoms with Gasteiger partial charge in [-0.25, -0.2) is 5.10 Å². The molecule has 0 spiro atoms. The summed E-state index contributed by atoms with van der Waals surface area (Å²) in [6.45, 7) is 7.73. The standard InChI is InChI=1S/C21H20N2O2.C5H8S/c1-3-9-18-20(15(2)22-23-21(18)24)17-12-7-8-13-19(17)25-14-16-10-5-4-6-11-16;1-3-4-5-6-2/h3-13H,14H2,1-2H3,(H,23,24);3-5H,1H2,2H3/b9-3+;5-4-. The van der Waals surface area contributed by atoms with E-state index in [1.54, 1.807) is 23.9 Å². The van der Waals surface area contributed by atoms with Gasteiger partial charge in [-0.15, -0.1) is 11.8 Å². The highest BCUT2D eigenvalue weighted by Gasteiger charge is 2.15. The van der Waals surface area contributed by atoms with Gasteiger partial charge in [0.25, 0.3) is 5.56 Å². The Balaban J connectivity index is 0.000000501. The second-order valence-electron chi connectivity index (χ2n) is 6.50. The number of H-pyrrole nitrogens is 1. The number of para-hydroxylation sites is 1. The lowest BCUT2D eigenvalue weighted by atomic mass is 9.98. The van der Waals surface area contributed by atoms with Crippen LogP contribution in [0.1, 0.15) is 23.7 Å². The van der Waals surface area contributed by atoms with Crippen molar-refractivity contribution in [2.24, 2.45) is 0 Å². The molecule has 4 nitrogen and oxygen atoms in total. The molecular weight excluding hydrogens is 404 g/mol. The molecule has 1 N–H and O–H groups in total. The van der Waals surface area contributed by atoms with Gasteiger partial charge in [-0.3, -0.25) is 4.79 Å². The molecule has 0 aliphatic carbocycles. The van der Waals surface area contributed by atoms with Gasteiger partial charge in [-0.2, -0.15) is 5.10 Å². The maximum absolute atomic E-state index is 12.2. The molecule has 1 aromatic heterocycles. The highest BCUT2D eigenvalue weighted by molar-refractivity contribution is 8.01. The fourth-order valence-corrected chi connectivity index (χ4v) is 3.16. The van der Waals surface area contributed by atoms with Crippen LogP contribution < -0.4 is 10.3 Å². The number of thioether (sulfide) groups is 1. The molecule has 0 radical (unpaired) electrons. The molecule has 0 bridgehead atoms. The summed E-state index contributed by atoms with van der Waals surface area (Å²) in [5.74, 6) is 0.729. The van der Waals surface area contributed by atoms with Crippen LogP contribution in [0.25, 0.3) is 17.2 Å². The van der Waals surface area contributed by atoms with Crippen LogP contribution in [0, 0.1) is 6.92 Å². The molecule has 0 fully saturated rings. The van der Waals surface area contributed by atoms with E-state index in [9.17, 15) is 4.79 Å². The van der Waals surface area contributed by atoms with E-state index < -0.39 is 0 Å². The van der Waals surface area contributed by atoms with Crippen molar-refractivity contribution >= 4 is 17.8 Å². The fraction of sp³-hybridized carbons (Fsp3) is 0.154. The fourth-order valence-electron chi connectivity index (χ4n) is 2.89. The van der Waals surface area contributed by atoms with Gasteiger partial charge in [0.1, 0.15) is 12.4 Å². The maximum Gasteiger partial charge on any atom is 0.272 e. The number of aromatic amines is 1. The summed E-state index contributed by atoms with van der Waals surface area (Å²) in [7, 11) is 0. The van der Waals surface area contributed by atoms with Gasteiger partial charge >= 0.3 is 0 Å². The van der Waals surface area contributed by atoms with E-state index in [4.69, 9.17) is 4.74 Å². The Labute approximate surface area is 188 Å². The van der Waals surface area contributed by atoms with Gasteiger partial charge in [-0.05, 0) is 37.1 Å². The Morgan fingerprint density at radius 2 is 1.84 bits per heavy atom. The molecule has 2 aromatic carbocycles. The van der Waals surface area contributed by atoms with Crippen LogP contribution in [0.4, 0.5) is 0 Å². The van der Waals surface area contributed by atoms with Crippen molar-refractivity contribution < 1.29 is 4.74 Å². The number of hydrogen-bond donors (Lipinski definition) is 1. The molecule has 160 valence electrons. The van der Waals surface area contributed by atoms with Crippen molar-refractivity contribution in [2.75, 3.05) is 6.26 Å². The van der Waals surface area contributed by atoms with Crippen LogP contribution >= 0.6 is 11.8 Å². The molecule has 0 aliphatic rings. The SMILES string of the molecule is C/C=C/c1c(-c2ccccc2OCc2ccccc2)c(C)n[nH]c1=O.C=C/C=C\SC. The molecule has 0 unspecified atom stereocenters. The summed E-state index contributed by atoms with van der Waals surface area (Å²) in [5.41, 5.74) is 3.88. The van der Waals surface area contributed by atoms with Gasteiger partial charge in [0.05, 0.1) is 11.3 Å². The number of nitrogens with one attached hydrogen (secondary N) is 1. The first-order valence-corrected chi connectivity index (χ1v) is 11.2. The third kappa shape index (κ3) is 7.15. The minimum absolute atomic E-state index is 0.212. The average molecular weight is 433 g/mol. The number of aromatic nitrogens is 2. The minimum atomic E-state index is -0.212. The lowest BCUT2D eigenvalue weighted by molar-refractivity contribution is 0.307. The van der Waals surface area contributed by atoms with E-state index in [1.165, 1.54) is 0 Å². The molecule has 0 amide bonds. The van der Waals surface area contributed by atoms with Gasteiger partial charge in [0.2, 0.25) is 0 Å². The van der Waals surface area contributed by atoms with Gasteiger partial charge < -0.3 is 4.74 Å². The molecule has 0 saturated carbocycles. The Kier molecular flexibility index (Phi) is 10.1. The monoisotopic (exact) mass is 432 g/mol.